The van der Waals surface area contributed by atoms with Gasteiger partial charge in [-0.2, -0.15) is 10.1 Å². The van der Waals surface area contributed by atoms with Gasteiger partial charge in [0.2, 0.25) is 10.9 Å². The molecule has 0 saturated heterocycles. The van der Waals surface area contributed by atoms with Crippen LogP contribution < -0.4 is 19.2 Å². The number of anilines is 1. The first-order valence-corrected chi connectivity index (χ1v) is 11.4. The summed E-state index contributed by atoms with van der Waals surface area (Å²) in [5.41, 5.74) is 1.15. The van der Waals surface area contributed by atoms with Crippen LogP contribution in [0.4, 0.5) is 9.52 Å². The van der Waals surface area contributed by atoms with E-state index in [1.807, 2.05) is 0 Å². The molecule has 0 radical (unpaired) electrons. The quantitative estimate of drug-likeness (QED) is 0.232. The van der Waals surface area contributed by atoms with E-state index in [2.05, 4.69) is 10.1 Å². The lowest BCUT2D eigenvalue weighted by Gasteiger charge is -2.14. The van der Waals surface area contributed by atoms with Crippen LogP contribution in [-0.4, -0.2) is 38.4 Å². The average molecular weight is 506 g/mol. The van der Waals surface area contributed by atoms with Crippen LogP contribution in [0.3, 0.4) is 0 Å². The van der Waals surface area contributed by atoms with Gasteiger partial charge in [-0.15, -0.1) is 11.3 Å². The molecule has 0 atom stereocenters. The molecule has 0 unspecified atom stereocenters. The highest BCUT2D eigenvalue weighted by Gasteiger charge is 2.23. The first-order valence-electron chi connectivity index (χ1n) is 9.43. The van der Waals surface area contributed by atoms with Gasteiger partial charge in [0.05, 0.1) is 47.0 Å². The summed E-state index contributed by atoms with van der Waals surface area (Å²) in [6.45, 7) is 0. The molecule has 2 heterocycles. The van der Waals surface area contributed by atoms with E-state index >= 15 is 0 Å². The maximum atomic E-state index is 13.7. The van der Waals surface area contributed by atoms with Crippen molar-refractivity contribution in [2.24, 2.45) is 5.10 Å². The van der Waals surface area contributed by atoms with Crippen molar-refractivity contribution in [3.8, 4) is 17.2 Å². The number of nitrogens with zero attached hydrogens (tertiary/aromatic N) is 3. The van der Waals surface area contributed by atoms with Crippen molar-refractivity contribution >= 4 is 61.7 Å². The molecule has 4 rings (SSSR count). The fourth-order valence-corrected chi connectivity index (χ4v) is 4.91. The molecule has 0 saturated carbocycles. The molecular weight excluding hydrogens is 489 g/mol. The molecule has 0 bridgehead atoms. The molecule has 1 amide bonds. The molecule has 0 aliphatic rings. The van der Waals surface area contributed by atoms with Crippen LogP contribution in [0.25, 0.3) is 10.2 Å². The van der Waals surface area contributed by atoms with Gasteiger partial charge in [-0.25, -0.2) is 9.37 Å². The molecule has 11 heteroatoms. The molecule has 0 aliphatic heterocycles. The number of halogens is 2. The second-order valence-electron chi connectivity index (χ2n) is 6.53. The van der Waals surface area contributed by atoms with Gasteiger partial charge in [0, 0.05) is 5.56 Å². The number of amides is 1. The Morgan fingerprint density at radius 1 is 1.06 bits per heavy atom. The summed E-state index contributed by atoms with van der Waals surface area (Å²) in [4.78, 5) is 18.1. The summed E-state index contributed by atoms with van der Waals surface area (Å²) in [6, 6.07) is 10.9. The summed E-state index contributed by atoms with van der Waals surface area (Å²) in [5, 5.41) is 5.84. The van der Waals surface area contributed by atoms with E-state index in [-0.39, 0.29) is 10.9 Å². The van der Waals surface area contributed by atoms with E-state index in [9.17, 15) is 9.18 Å². The molecule has 170 valence electrons. The molecule has 4 aromatic rings. The lowest BCUT2D eigenvalue weighted by atomic mass is 10.2. The second-order valence-corrected chi connectivity index (χ2v) is 9.26. The van der Waals surface area contributed by atoms with Crippen LogP contribution in [0.5, 0.6) is 17.2 Å². The minimum Gasteiger partial charge on any atom is -0.493 e. The fraction of sp³-hybridized carbons (Fsp3) is 0.136. The van der Waals surface area contributed by atoms with Crippen molar-refractivity contribution in [2.75, 3.05) is 26.3 Å². The van der Waals surface area contributed by atoms with E-state index < -0.39 is 5.91 Å². The van der Waals surface area contributed by atoms with Crippen LogP contribution in [0.2, 0.25) is 4.34 Å². The fourth-order valence-electron chi connectivity index (χ4n) is 3.00. The normalized spacial score (nSPS) is 11.2. The Kier molecular flexibility index (Phi) is 6.77. The lowest BCUT2D eigenvalue weighted by Crippen LogP contribution is -2.24. The topological polar surface area (TPSA) is 73.2 Å². The van der Waals surface area contributed by atoms with Crippen LogP contribution in [0, 0.1) is 5.82 Å². The van der Waals surface area contributed by atoms with Gasteiger partial charge in [0.25, 0.3) is 5.91 Å². The molecule has 33 heavy (non-hydrogen) atoms. The Morgan fingerprint density at radius 3 is 2.39 bits per heavy atom. The second kappa shape index (κ2) is 9.74. The average Bonchev–Trinajstić information content (AvgIpc) is 3.43. The Morgan fingerprint density at radius 2 is 1.79 bits per heavy atom. The van der Waals surface area contributed by atoms with E-state index in [1.54, 1.807) is 30.3 Å². The number of ether oxygens (including phenoxy) is 3. The molecule has 0 fully saturated rings. The van der Waals surface area contributed by atoms with Gasteiger partial charge in [0.1, 0.15) is 5.82 Å². The van der Waals surface area contributed by atoms with E-state index in [4.69, 9.17) is 25.8 Å². The van der Waals surface area contributed by atoms with Gasteiger partial charge < -0.3 is 14.2 Å². The van der Waals surface area contributed by atoms with Crippen LogP contribution >= 0.6 is 34.3 Å². The zero-order valence-electron chi connectivity index (χ0n) is 17.7. The maximum Gasteiger partial charge on any atom is 0.290 e. The molecule has 0 aliphatic carbocycles. The van der Waals surface area contributed by atoms with Crippen molar-refractivity contribution in [3.63, 3.8) is 0 Å². The van der Waals surface area contributed by atoms with Crippen LogP contribution in [0.1, 0.15) is 15.2 Å². The lowest BCUT2D eigenvalue weighted by molar-refractivity contribution is 0.0991. The highest BCUT2D eigenvalue weighted by atomic mass is 35.5. The monoisotopic (exact) mass is 505 g/mol. The number of carbonyl (C=O) groups is 1. The van der Waals surface area contributed by atoms with E-state index in [0.29, 0.717) is 42.2 Å². The van der Waals surface area contributed by atoms with Crippen LogP contribution in [-0.2, 0) is 0 Å². The highest BCUT2D eigenvalue weighted by Crippen LogP contribution is 2.38. The number of carbonyl (C=O) groups excluding carboxylic acids is 1. The van der Waals surface area contributed by atoms with Gasteiger partial charge >= 0.3 is 0 Å². The van der Waals surface area contributed by atoms with Crippen molar-refractivity contribution in [1.29, 1.82) is 0 Å². The number of benzene rings is 2. The summed E-state index contributed by atoms with van der Waals surface area (Å²) < 4.78 is 30.8. The number of aromatic nitrogens is 1. The van der Waals surface area contributed by atoms with Gasteiger partial charge in [-0.3, -0.25) is 4.79 Å². The van der Waals surface area contributed by atoms with Crippen molar-refractivity contribution in [3.05, 3.63) is 63.1 Å². The molecular formula is C22H17ClFN3O4S2. The van der Waals surface area contributed by atoms with Crippen molar-refractivity contribution in [2.45, 2.75) is 0 Å². The third-order valence-electron chi connectivity index (χ3n) is 4.51. The number of thiophene rings is 1. The van der Waals surface area contributed by atoms with Crippen molar-refractivity contribution in [1.82, 2.24) is 4.98 Å². The Bertz CT molecular complexity index is 1330. The third kappa shape index (κ3) is 4.77. The van der Waals surface area contributed by atoms with Gasteiger partial charge in [-0.1, -0.05) is 22.9 Å². The predicted octanol–water partition coefficient (Wildman–Crippen LogP) is 5.86. The minimum atomic E-state index is -0.421. The summed E-state index contributed by atoms with van der Waals surface area (Å²) >= 11 is 8.30. The standard InChI is InChI=1S/C22H17ClFN3O4S2/c1-29-15-8-12(9-16(30-2)20(15)31-3)11-25-27(21(28)17-6-7-19(23)32-17)22-26-14-5-4-13(24)10-18(14)33-22/h4-11H,1-3H3/b25-11-. The first kappa shape index (κ1) is 23.0. The third-order valence-corrected chi connectivity index (χ3v) is 6.72. The number of hydrogen-bond acceptors (Lipinski definition) is 8. The van der Waals surface area contributed by atoms with Gasteiger partial charge in [0.15, 0.2) is 11.5 Å². The number of hydrogen-bond donors (Lipinski definition) is 0. The number of fused-ring (bicyclic) bond motifs is 1. The summed E-state index contributed by atoms with van der Waals surface area (Å²) in [6.07, 6.45) is 1.48. The Balaban J connectivity index is 1.78. The van der Waals surface area contributed by atoms with Crippen LogP contribution in [0.15, 0.2) is 47.6 Å². The maximum absolute atomic E-state index is 13.7. The molecule has 0 N–H and O–H groups in total. The number of methoxy groups -OCH3 is 3. The zero-order valence-corrected chi connectivity index (χ0v) is 20.1. The summed E-state index contributed by atoms with van der Waals surface area (Å²) in [5.74, 6) is 0.511. The number of hydrazone groups is 1. The summed E-state index contributed by atoms with van der Waals surface area (Å²) in [7, 11) is 4.53. The van der Waals surface area contributed by atoms with E-state index in [0.717, 1.165) is 27.7 Å². The largest absolute Gasteiger partial charge is 0.493 e. The van der Waals surface area contributed by atoms with Gasteiger partial charge in [-0.05, 0) is 42.5 Å². The molecule has 2 aromatic heterocycles. The SMILES string of the molecule is COc1cc(/C=N\N(C(=O)c2ccc(Cl)s2)c2nc3ccc(F)cc3s2)cc(OC)c1OC. The molecule has 7 nitrogen and oxygen atoms in total. The Hall–Kier alpha value is -3.21. The highest BCUT2D eigenvalue weighted by molar-refractivity contribution is 7.22. The zero-order chi connectivity index (χ0) is 23.5. The van der Waals surface area contributed by atoms with E-state index in [1.165, 1.54) is 39.7 Å². The number of thiazole rings is 1. The predicted molar refractivity (Wildman–Crippen MR) is 129 cm³/mol. The smallest absolute Gasteiger partial charge is 0.290 e. The first-order chi connectivity index (χ1) is 15.9. The molecule has 0 spiro atoms. The number of rotatable bonds is 7. The van der Waals surface area contributed by atoms with Crippen molar-refractivity contribution < 1.29 is 23.4 Å². The molecule has 2 aromatic carbocycles. The Labute approximate surface area is 201 Å². The minimum absolute atomic E-state index is 0.286.